The Morgan fingerprint density at radius 2 is 2.00 bits per heavy atom. The maximum atomic E-state index is 12.1. The minimum atomic E-state index is -3.71. The molecule has 1 aliphatic heterocycles. The summed E-state index contributed by atoms with van der Waals surface area (Å²) in [5, 5.41) is 2.38. The van der Waals surface area contributed by atoms with E-state index in [-0.39, 0.29) is 23.5 Å². The van der Waals surface area contributed by atoms with Gasteiger partial charge in [-0.3, -0.25) is 4.79 Å². The Morgan fingerprint density at radius 1 is 1.22 bits per heavy atom. The summed E-state index contributed by atoms with van der Waals surface area (Å²) >= 11 is 0. The van der Waals surface area contributed by atoms with Crippen LogP contribution in [0.5, 0.6) is 5.75 Å². The van der Waals surface area contributed by atoms with Crippen LogP contribution in [0.15, 0.2) is 45.9 Å². The SMILES string of the molecule is CNS(=O)(=O)c1ccc(C(=O)NCc2ccc(OCC3CCCO3)cc2)o1. The Balaban J connectivity index is 1.50. The van der Waals surface area contributed by atoms with Crippen LogP contribution in [0.1, 0.15) is 29.0 Å². The first-order valence-electron chi connectivity index (χ1n) is 8.63. The average Bonchev–Trinajstić information content (AvgIpc) is 3.37. The monoisotopic (exact) mass is 394 g/mol. The molecule has 2 aromatic rings. The number of carbonyl (C=O) groups excluding carboxylic acids is 1. The normalized spacial score (nSPS) is 17.0. The van der Waals surface area contributed by atoms with Crippen LogP contribution in [0.4, 0.5) is 0 Å². The maximum absolute atomic E-state index is 12.1. The number of rotatable bonds is 8. The lowest BCUT2D eigenvalue weighted by Crippen LogP contribution is -2.22. The highest BCUT2D eigenvalue weighted by atomic mass is 32.2. The van der Waals surface area contributed by atoms with Crippen molar-refractivity contribution in [1.29, 1.82) is 0 Å². The first kappa shape index (κ1) is 19.4. The van der Waals surface area contributed by atoms with Crippen LogP contribution in [0, 0.1) is 0 Å². The third-order valence-electron chi connectivity index (χ3n) is 4.18. The van der Waals surface area contributed by atoms with Crippen LogP contribution < -0.4 is 14.8 Å². The second-order valence-electron chi connectivity index (χ2n) is 6.10. The molecule has 0 radical (unpaired) electrons. The minimum absolute atomic E-state index is 0.0691. The fraction of sp³-hybridized carbons (Fsp3) is 0.389. The molecule has 0 spiro atoms. The van der Waals surface area contributed by atoms with E-state index in [9.17, 15) is 13.2 Å². The van der Waals surface area contributed by atoms with Crippen molar-refractivity contribution < 1.29 is 27.1 Å². The van der Waals surface area contributed by atoms with E-state index in [2.05, 4.69) is 10.0 Å². The topological polar surface area (TPSA) is 107 Å². The zero-order valence-corrected chi connectivity index (χ0v) is 15.8. The molecule has 1 aromatic heterocycles. The van der Waals surface area contributed by atoms with Gasteiger partial charge in [0, 0.05) is 13.2 Å². The lowest BCUT2D eigenvalue weighted by atomic mass is 10.2. The van der Waals surface area contributed by atoms with Gasteiger partial charge in [-0.1, -0.05) is 12.1 Å². The molecule has 3 rings (SSSR count). The van der Waals surface area contributed by atoms with Gasteiger partial charge in [0.15, 0.2) is 5.76 Å². The Morgan fingerprint density at radius 3 is 2.67 bits per heavy atom. The number of sulfonamides is 1. The molecule has 27 heavy (non-hydrogen) atoms. The van der Waals surface area contributed by atoms with E-state index in [0.717, 1.165) is 30.8 Å². The Hall–Kier alpha value is -2.36. The van der Waals surface area contributed by atoms with Crippen LogP contribution in [0.25, 0.3) is 0 Å². The second kappa shape index (κ2) is 8.55. The molecule has 1 unspecified atom stereocenters. The number of benzene rings is 1. The number of nitrogens with one attached hydrogen (secondary N) is 2. The van der Waals surface area contributed by atoms with E-state index in [0.29, 0.717) is 6.61 Å². The fourth-order valence-electron chi connectivity index (χ4n) is 2.63. The van der Waals surface area contributed by atoms with Crippen LogP contribution >= 0.6 is 0 Å². The summed E-state index contributed by atoms with van der Waals surface area (Å²) in [5.74, 6) is 0.181. The van der Waals surface area contributed by atoms with Gasteiger partial charge >= 0.3 is 0 Å². The lowest BCUT2D eigenvalue weighted by molar-refractivity contribution is 0.0679. The third kappa shape index (κ3) is 5.09. The molecular formula is C18H22N2O6S. The highest BCUT2D eigenvalue weighted by Crippen LogP contribution is 2.17. The summed E-state index contributed by atoms with van der Waals surface area (Å²) < 4.78 is 41.7. The average molecular weight is 394 g/mol. The van der Waals surface area contributed by atoms with Crippen LogP contribution in [-0.2, 0) is 21.3 Å². The van der Waals surface area contributed by atoms with Gasteiger partial charge in [0.25, 0.3) is 15.9 Å². The molecule has 2 N–H and O–H groups in total. The number of amides is 1. The Labute approximate surface area is 157 Å². The van der Waals surface area contributed by atoms with Crippen molar-refractivity contribution in [3.63, 3.8) is 0 Å². The molecule has 1 fully saturated rings. The summed E-state index contributed by atoms with van der Waals surface area (Å²) in [6, 6.07) is 9.93. The van der Waals surface area contributed by atoms with E-state index in [1.54, 1.807) is 0 Å². The number of carbonyl (C=O) groups is 1. The first-order chi connectivity index (χ1) is 13.0. The van der Waals surface area contributed by atoms with E-state index < -0.39 is 15.9 Å². The van der Waals surface area contributed by atoms with Crippen LogP contribution in [0.2, 0.25) is 0 Å². The molecule has 0 bridgehead atoms. The quantitative estimate of drug-likeness (QED) is 0.705. The molecule has 1 aliphatic rings. The van der Waals surface area contributed by atoms with Crippen molar-refractivity contribution in [3.8, 4) is 5.75 Å². The van der Waals surface area contributed by atoms with Crippen molar-refractivity contribution in [3.05, 3.63) is 47.7 Å². The highest BCUT2D eigenvalue weighted by Gasteiger charge is 2.19. The zero-order valence-electron chi connectivity index (χ0n) is 14.9. The Bertz CT molecular complexity index is 870. The molecule has 1 aromatic carbocycles. The van der Waals surface area contributed by atoms with Gasteiger partial charge in [0.05, 0.1) is 6.10 Å². The summed E-state index contributed by atoms with van der Waals surface area (Å²) in [6.45, 7) is 1.61. The molecule has 1 atom stereocenters. The molecule has 1 amide bonds. The molecule has 9 heteroatoms. The van der Waals surface area contributed by atoms with Gasteiger partial charge in [-0.2, -0.15) is 0 Å². The highest BCUT2D eigenvalue weighted by molar-refractivity contribution is 7.89. The first-order valence-corrected chi connectivity index (χ1v) is 10.1. The third-order valence-corrected chi connectivity index (χ3v) is 5.46. The van der Waals surface area contributed by atoms with E-state index in [4.69, 9.17) is 13.9 Å². The molecular weight excluding hydrogens is 372 g/mol. The maximum Gasteiger partial charge on any atom is 0.287 e. The fourth-order valence-corrected chi connectivity index (χ4v) is 3.27. The predicted octanol–water partition coefficient (Wildman–Crippen LogP) is 1.68. The van der Waals surface area contributed by atoms with Gasteiger partial charge < -0.3 is 19.2 Å². The van der Waals surface area contributed by atoms with Gasteiger partial charge in [-0.15, -0.1) is 0 Å². The van der Waals surface area contributed by atoms with Gasteiger partial charge in [0.1, 0.15) is 12.4 Å². The van der Waals surface area contributed by atoms with Gasteiger partial charge in [-0.25, -0.2) is 13.1 Å². The number of ether oxygens (including phenoxy) is 2. The second-order valence-corrected chi connectivity index (χ2v) is 7.92. The molecule has 0 saturated carbocycles. The summed E-state index contributed by atoms with van der Waals surface area (Å²) in [7, 11) is -2.44. The molecule has 0 aliphatic carbocycles. The van der Waals surface area contributed by atoms with Crippen molar-refractivity contribution in [2.24, 2.45) is 0 Å². The summed E-state index contributed by atoms with van der Waals surface area (Å²) in [5.41, 5.74) is 0.877. The standard InChI is InChI=1S/C18H22N2O6S/c1-19-27(22,23)17-9-8-16(26-17)18(21)20-11-13-4-6-14(7-5-13)25-12-15-3-2-10-24-15/h4-9,15,19H,2-3,10-12H2,1H3,(H,20,21). The lowest BCUT2D eigenvalue weighted by Gasteiger charge is -2.11. The Kier molecular flexibility index (Phi) is 6.15. The zero-order chi connectivity index (χ0) is 19.3. The molecule has 1 saturated heterocycles. The van der Waals surface area contributed by atoms with Crippen molar-refractivity contribution >= 4 is 15.9 Å². The van der Waals surface area contributed by atoms with E-state index in [1.165, 1.54) is 19.2 Å². The number of hydrogen-bond donors (Lipinski definition) is 2. The summed E-state index contributed by atoms with van der Waals surface area (Å²) in [6.07, 6.45) is 2.26. The van der Waals surface area contributed by atoms with E-state index >= 15 is 0 Å². The van der Waals surface area contributed by atoms with Gasteiger partial charge in [0.2, 0.25) is 5.09 Å². The van der Waals surface area contributed by atoms with Crippen molar-refractivity contribution in [1.82, 2.24) is 10.0 Å². The summed E-state index contributed by atoms with van der Waals surface area (Å²) in [4.78, 5) is 12.1. The largest absolute Gasteiger partial charge is 0.491 e. The van der Waals surface area contributed by atoms with Crippen LogP contribution in [-0.4, -0.2) is 40.7 Å². The molecule has 8 nitrogen and oxygen atoms in total. The van der Waals surface area contributed by atoms with Crippen LogP contribution in [0.3, 0.4) is 0 Å². The van der Waals surface area contributed by atoms with Gasteiger partial charge in [-0.05, 0) is 49.7 Å². The number of furan rings is 1. The smallest absolute Gasteiger partial charge is 0.287 e. The number of hydrogen-bond acceptors (Lipinski definition) is 6. The minimum Gasteiger partial charge on any atom is -0.491 e. The van der Waals surface area contributed by atoms with Crippen molar-refractivity contribution in [2.45, 2.75) is 30.6 Å². The molecule has 2 heterocycles. The van der Waals surface area contributed by atoms with E-state index in [1.807, 2.05) is 24.3 Å². The molecule has 146 valence electrons. The predicted molar refractivity (Wildman–Crippen MR) is 97.0 cm³/mol. The van der Waals surface area contributed by atoms with Crippen molar-refractivity contribution in [2.75, 3.05) is 20.3 Å².